The fraction of sp³-hybridized carbons (Fsp3) is 0.143. The molecule has 0 fully saturated rings. The number of amides is 1. The van der Waals surface area contributed by atoms with Crippen molar-refractivity contribution in [1.29, 1.82) is 0 Å². The molecule has 0 unspecified atom stereocenters. The zero-order chi connectivity index (χ0) is 13.8. The maximum atomic E-state index is 12.7. The molecule has 1 heterocycles. The first-order valence-corrected chi connectivity index (χ1v) is 5.80. The zero-order valence-electron chi connectivity index (χ0n) is 10.7. The van der Waals surface area contributed by atoms with Crippen molar-refractivity contribution in [1.82, 2.24) is 9.78 Å². The third-order valence-corrected chi connectivity index (χ3v) is 2.55. The van der Waals surface area contributed by atoms with Gasteiger partial charge in [-0.15, -0.1) is 0 Å². The van der Waals surface area contributed by atoms with Gasteiger partial charge in [-0.1, -0.05) is 12.1 Å². The minimum absolute atomic E-state index is 0.257. The van der Waals surface area contributed by atoms with Crippen molar-refractivity contribution in [2.75, 3.05) is 5.32 Å². The highest BCUT2D eigenvalue weighted by Gasteiger charge is 2.03. The maximum Gasteiger partial charge on any atom is 0.249 e. The van der Waals surface area contributed by atoms with E-state index in [0.29, 0.717) is 5.82 Å². The molecule has 0 bridgehead atoms. The largest absolute Gasteiger partial charge is 0.307 e. The summed E-state index contributed by atoms with van der Waals surface area (Å²) in [5.74, 6) is 0.0746. The van der Waals surface area contributed by atoms with Crippen LogP contribution in [0.3, 0.4) is 0 Å². The molecule has 4 nitrogen and oxygen atoms in total. The van der Waals surface area contributed by atoms with E-state index in [1.165, 1.54) is 18.2 Å². The molecule has 5 heteroatoms. The van der Waals surface area contributed by atoms with Crippen molar-refractivity contribution < 1.29 is 9.18 Å². The molecule has 1 aromatic carbocycles. The Kier molecular flexibility index (Phi) is 3.75. The van der Waals surface area contributed by atoms with Gasteiger partial charge in [-0.05, 0) is 30.7 Å². The van der Waals surface area contributed by atoms with E-state index in [2.05, 4.69) is 10.4 Å². The van der Waals surface area contributed by atoms with E-state index in [1.54, 1.807) is 36.0 Å². The first-order valence-electron chi connectivity index (χ1n) is 5.80. The van der Waals surface area contributed by atoms with Gasteiger partial charge in [0, 0.05) is 19.2 Å². The van der Waals surface area contributed by atoms with E-state index in [-0.39, 0.29) is 11.7 Å². The van der Waals surface area contributed by atoms with Gasteiger partial charge in [0.05, 0.1) is 5.69 Å². The van der Waals surface area contributed by atoms with Gasteiger partial charge in [0.2, 0.25) is 5.91 Å². The molecular formula is C14H14FN3O. The van der Waals surface area contributed by atoms with Crippen LogP contribution in [-0.4, -0.2) is 15.7 Å². The second-order valence-electron chi connectivity index (χ2n) is 4.17. The molecule has 0 saturated carbocycles. The molecule has 2 rings (SSSR count). The number of aromatic nitrogens is 2. The van der Waals surface area contributed by atoms with Crippen molar-refractivity contribution in [3.8, 4) is 0 Å². The molecule has 0 aliphatic heterocycles. The summed E-state index contributed by atoms with van der Waals surface area (Å²) in [5.41, 5.74) is 1.60. The Balaban J connectivity index is 2.01. The van der Waals surface area contributed by atoms with Gasteiger partial charge >= 0.3 is 0 Å². The van der Waals surface area contributed by atoms with Crippen LogP contribution in [0.15, 0.2) is 36.4 Å². The number of hydrogen-bond acceptors (Lipinski definition) is 2. The predicted octanol–water partition coefficient (Wildman–Crippen LogP) is 2.52. The highest BCUT2D eigenvalue weighted by molar-refractivity contribution is 6.01. The number of carbonyl (C=O) groups is 1. The summed E-state index contributed by atoms with van der Waals surface area (Å²) >= 11 is 0. The van der Waals surface area contributed by atoms with Crippen molar-refractivity contribution in [2.24, 2.45) is 7.05 Å². The topological polar surface area (TPSA) is 46.9 Å². The average Bonchev–Trinajstić information content (AvgIpc) is 2.67. The summed E-state index contributed by atoms with van der Waals surface area (Å²) in [4.78, 5) is 11.7. The molecule has 1 aromatic heterocycles. The lowest BCUT2D eigenvalue weighted by molar-refractivity contribution is -0.111. The number of halogens is 1. The smallest absolute Gasteiger partial charge is 0.249 e. The first-order chi connectivity index (χ1) is 9.04. The Morgan fingerprint density at radius 3 is 2.63 bits per heavy atom. The summed E-state index contributed by atoms with van der Waals surface area (Å²) in [6.45, 7) is 1.85. The molecular weight excluding hydrogens is 245 g/mol. The predicted molar refractivity (Wildman–Crippen MR) is 72.0 cm³/mol. The van der Waals surface area contributed by atoms with E-state index < -0.39 is 0 Å². The van der Waals surface area contributed by atoms with Crippen LogP contribution in [-0.2, 0) is 11.8 Å². The molecule has 0 spiro atoms. The standard InChI is InChI=1S/C14H14FN3O/c1-10-9-13(18(2)17-10)16-14(19)8-5-11-3-6-12(15)7-4-11/h3-9H,1-2H3,(H,16,19). The summed E-state index contributed by atoms with van der Waals surface area (Å²) in [6.07, 6.45) is 3.02. The van der Waals surface area contributed by atoms with Crippen molar-refractivity contribution in [3.05, 3.63) is 53.5 Å². The number of rotatable bonds is 3. The molecule has 2 aromatic rings. The van der Waals surface area contributed by atoms with E-state index in [0.717, 1.165) is 11.3 Å². The summed E-state index contributed by atoms with van der Waals surface area (Å²) in [7, 11) is 1.76. The molecule has 0 atom stereocenters. The quantitative estimate of drug-likeness (QED) is 0.861. The van der Waals surface area contributed by atoms with Gasteiger partial charge in [0.15, 0.2) is 0 Å². The van der Waals surface area contributed by atoms with E-state index in [4.69, 9.17) is 0 Å². The highest BCUT2D eigenvalue weighted by atomic mass is 19.1. The molecule has 0 saturated heterocycles. The van der Waals surface area contributed by atoms with Gasteiger partial charge in [-0.3, -0.25) is 9.48 Å². The maximum absolute atomic E-state index is 12.7. The Labute approximate surface area is 110 Å². The van der Waals surface area contributed by atoms with Gasteiger partial charge < -0.3 is 5.32 Å². The first kappa shape index (κ1) is 13.0. The molecule has 0 radical (unpaired) electrons. The number of carbonyl (C=O) groups excluding carboxylic acids is 1. The van der Waals surface area contributed by atoms with Crippen LogP contribution in [0.1, 0.15) is 11.3 Å². The third-order valence-electron chi connectivity index (χ3n) is 2.55. The lowest BCUT2D eigenvalue weighted by Crippen LogP contribution is -2.11. The van der Waals surface area contributed by atoms with Gasteiger partial charge in [0.1, 0.15) is 11.6 Å². The molecule has 1 N–H and O–H groups in total. The van der Waals surface area contributed by atoms with Gasteiger partial charge in [-0.2, -0.15) is 5.10 Å². The van der Waals surface area contributed by atoms with E-state index >= 15 is 0 Å². The minimum atomic E-state index is -0.299. The van der Waals surface area contributed by atoms with Crippen molar-refractivity contribution in [3.63, 3.8) is 0 Å². The molecule has 98 valence electrons. The van der Waals surface area contributed by atoms with Crippen LogP contribution in [0.5, 0.6) is 0 Å². The molecule has 19 heavy (non-hydrogen) atoms. The molecule has 0 aliphatic carbocycles. The summed E-state index contributed by atoms with van der Waals surface area (Å²) in [6, 6.07) is 7.69. The van der Waals surface area contributed by atoms with Crippen molar-refractivity contribution >= 4 is 17.8 Å². The lowest BCUT2D eigenvalue weighted by atomic mass is 10.2. The number of nitrogens with one attached hydrogen (secondary N) is 1. The Morgan fingerprint density at radius 2 is 2.05 bits per heavy atom. The lowest BCUT2D eigenvalue weighted by Gasteiger charge is -2.01. The van der Waals surface area contributed by atoms with Crippen molar-refractivity contribution in [2.45, 2.75) is 6.92 Å². The zero-order valence-corrected chi connectivity index (χ0v) is 10.7. The van der Waals surface area contributed by atoms with Gasteiger partial charge in [-0.25, -0.2) is 4.39 Å². The Morgan fingerprint density at radius 1 is 1.37 bits per heavy atom. The number of aryl methyl sites for hydroxylation is 2. The second kappa shape index (κ2) is 5.48. The Bertz CT molecular complexity index is 614. The third kappa shape index (κ3) is 3.51. The minimum Gasteiger partial charge on any atom is -0.307 e. The number of hydrogen-bond donors (Lipinski definition) is 1. The fourth-order valence-corrected chi connectivity index (χ4v) is 1.64. The molecule has 1 amide bonds. The SMILES string of the molecule is Cc1cc(NC(=O)C=Cc2ccc(F)cc2)n(C)n1. The number of nitrogens with zero attached hydrogens (tertiary/aromatic N) is 2. The fourth-order valence-electron chi connectivity index (χ4n) is 1.64. The summed E-state index contributed by atoms with van der Waals surface area (Å²) in [5, 5.41) is 6.84. The molecule has 0 aliphatic rings. The highest BCUT2D eigenvalue weighted by Crippen LogP contribution is 2.09. The average molecular weight is 259 g/mol. The van der Waals surface area contributed by atoms with E-state index in [1.807, 2.05) is 6.92 Å². The van der Waals surface area contributed by atoms with Crippen LogP contribution in [0.4, 0.5) is 10.2 Å². The van der Waals surface area contributed by atoms with Crippen LogP contribution in [0.25, 0.3) is 6.08 Å². The van der Waals surface area contributed by atoms with E-state index in [9.17, 15) is 9.18 Å². The number of anilines is 1. The van der Waals surface area contributed by atoms with Crippen LogP contribution >= 0.6 is 0 Å². The number of benzene rings is 1. The van der Waals surface area contributed by atoms with Crippen LogP contribution < -0.4 is 5.32 Å². The second-order valence-corrected chi connectivity index (χ2v) is 4.17. The normalized spacial score (nSPS) is 10.9. The van der Waals surface area contributed by atoms with Crippen LogP contribution in [0, 0.1) is 12.7 Å². The summed E-state index contributed by atoms with van der Waals surface area (Å²) < 4.78 is 14.3. The van der Waals surface area contributed by atoms with Crippen LogP contribution in [0.2, 0.25) is 0 Å². The van der Waals surface area contributed by atoms with Gasteiger partial charge in [0.25, 0.3) is 0 Å². The Hall–Kier alpha value is -2.43. The monoisotopic (exact) mass is 259 g/mol.